The molecule has 82 valence electrons. The molecule has 0 fully saturated rings. The van der Waals surface area contributed by atoms with Crippen LogP contribution in [-0.4, -0.2) is 5.11 Å². The third-order valence-electron chi connectivity index (χ3n) is 2.19. The highest BCUT2D eigenvalue weighted by Crippen LogP contribution is 2.34. The first-order valence-corrected chi connectivity index (χ1v) is 6.90. The van der Waals surface area contributed by atoms with E-state index in [1.807, 2.05) is 30.3 Å². The number of aromatic hydroxyl groups is 1. The maximum absolute atomic E-state index is 9.64. The van der Waals surface area contributed by atoms with Gasteiger partial charge in [-0.05, 0) is 51.3 Å². The Kier molecular flexibility index (Phi) is 3.72. The Bertz CT molecular complexity index is 538. The molecule has 2 aromatic rings. The quantitative estimate of drug-likeness (QED) is 0.677. The highest BCUT2D eigenvalue weighted by molar-refractivity contribution is 9.11. The summed E-state index contributed by atoms with van der Waals surface area (Å²) >= 11 is 10.2. The van der Waals surface area contributed by atoms with Crippen molar-refractivity contribution in [3.05, 3.63) is 49.8 Å². The minimum Gasteiger partial charge on any atom is -0.507 e. The number of benzene rings is 2. The van der Waals surface area contributed by atoms with Crippen molar-refractivity contribution >= 4 is 47.8 Å². The summed E-state index contributed by atoms with van der Waals surface area (Å²) in [6.07, 6.45) is 0. The first-order valence-electron chi connectivity index (χ1n) is 4.52. The van der Waals surface area contributed by atoms with E-state index in [4.69, 9.17) is 0 Å². The fourth-order valence-corrected chi connectivity index (χ4v) is 2.93. The predicted molar refractivity (Wildman–Crippen MR) is 76.6 cm³/mol. The standard InChI is InChI=1S/C12H7Br3O/c13-8-2-3-9(11(15)6-8)7-1-4-10(14)12(16)5-7/h1-6,16H. The van der Waals surface area contributed by atoms with Crippen LogP contribution in [-0.2, 0) is 0 Å². The van der Waals surface area contributed by atoms with Gasteiger partial charge < -0.3 is 5.11 Å². The van der Waals surface area contributed by atoms with Gasteiger partial charge in [0.05, 0.1) is 4.47 Å². The van der Waals surface area contributed by atoms with Gasteiger partial charge >= 0.3 is 0 Å². The van der Waals surface area contributed by atoms with Gasteiger partial charge in [-0.1, -0.05) is 44.0 Å². The van der Waals surface area contributed by atoms with Crippen molar-refractivity contribution in [1.82, 2.24) is 0 Å². The van der Waals surface area contributed by atoms with E-state index in [9.17, 15) is 5.11 Å². The van der Waals surface area contributed by atoms with Crippen molar-refractivity contribution in [2.24, 2.45) is 0 Å². The fourth-order valence-electron chi connectivity index (χ4n) is 1.40. The molecule has 0 spiro atoms. The first-order chi connectivity index (χ1) is 7.58. The SMILES string of the molecule is Oc1cc(-c2ccc(Br)cc2Br)ccc1Br. The van der Waals surface area contributed by atoms with Gasteiger partial charge in [0.15, 0.2) is 0 Å². The molecular formula is C12H7Br3O. The van der Waals surface area contributed by atoms with E-state index >= 15 is 0 Å². The summed E-state index contributed by atoms with van der Waals surface area (Å²) in [5.41, 5.74) is 2.02. The molecule has 16 heavy (non-hydrogen) atoms. The lowest BCUT2D eigenvalue weighted by atomic mass is 10.1. The Morgan fingerprint density at radius 1 is 0.812 bits per heavy atom. The van der Waals surface area contributed by atoms with Crippen LogP contribution in [0.1, 0.15) is 0 Å². The van der Waals surface area contributed by atoms with Crippen LogP contribution in [0.3, 0.4) is 0 Å². The Balaban J connectivity index is 2.54. The van der Waals surface area contributed by atoms with E-state index in [2.05, 4.69) is 47.8 Å². The van der Waals surface area contributed by atoms with Gasteiger partial charge in [-0.25, -0.2) is 0 Å². The summed E-state index contributed by atoms with van der Waals surface area (Å²) in [4.78, 5) is 0. The van der Waals surface area contributed by atoms with Gasteiger partial charge in [0.2, 0.25) is 0 Å². The highest BCUT2D eigenvalue weighted by atomic mass is 79.9. The molecule has 0 amide bonds. The van der Waals surface area contributed by atoms with Crippen LogP contribution in [0, 0.1) is 0 Å². The number of rotatable bonds is 1. The molecule has 0 radical (unpaired) electrons. The second-order valence-electron chi connectivity index (χ2n) is 3.29. The maximum atomic E-state index is 9.64. The molecule has 1 N–H and O–H groups in total. The molecule has 0 saturated carbocycles. The second kappa shape index (κ2) is 4.90. The van der Waals surface area contributed by atoms with E-state index in [-0.39, 0.29) is 5.75 Å². The van der Waals surface area contributed by atoms with Gasteiger partial charge in [0.25, 0.3) is 0 Å². The summed E-state index contributed by atoms with van der Waals surface area (Å²) in [6.45, 7) is 0. The first kappa shape index (κ1) is 12.1. The average molecular weight is 407 g/mol. The largest absolute Gasteiger partial charge is 0.507 e. The van der Waals surface area contributed by atoms with Gasteiger partial charge in [-0.2, -0.15) is 0 Å². The molecule has 0 unspecified atom stereocenters. The van der Waals surface area contributed by atoms with E-state index in [0.717, 1.165) is 20.1 Å². The Morgan fingerprint density at radius 3 is 2.19 bits per heavy atom. The molecule has 0 aliphatic heterocycles. The van der Waals surface area contributed by atoms with Gasteiger partial charge in [-0.3, -0.25) is 0 Å². The maximum Gasteiger partial charge on any atom is 0.130 e. The number of hydrogen-bond acceptors (Lipinski definition) is 1. The summed E-state index contributed by atoms with van der Waals surface area (Å²) in [7, 11) is 0. The topological polar surface area (TPSA) is 20.2 Å². The minimum absolute atomic E-state index is 0.243. The lowest BCUT2D eigenvalue weighted by molar-refractivity contribution is 0.472. The summed E-state index contributed by atoms with van der Waals surface area (Å²) in [6, 6.07) is 11.5. The third kappa shape index (κ3) is 2.50. The molecule has 4 heteroatoms. The summed E-state index contributed by atoms with van der Waals surface area (Å²) in [5, 5.41) is 9.64. The molecule has 0 saturated heterocycles. The zero-order chi connectivity index (χ0) is 11.7. The zero-order valence-electron chi connectivity index (χ0n) is 8.05. The van der Waals surface area contributed by atoms with Crippen LogP contribution in [0.25, 0.3) is 11.1 Å². The van der Waals surface area contributed by atoms with Crippen molar-refractivity contribution in [1.29, 1.82) is 0 Å². The Hall–Kier alpha value is -0.320. The van der Waals surface area contributed by atoms with Crippen molar-refractivity contribution in [2.45, 2.75) is 0 Å². The smallest absolute Gasteiger partial charge is 0.130 e. The predicted octanol–water partition coefficient (Wildman–Crippen LogP) is 5.35. The highest BCUT2D eigenvalue weighted by Gasteiger charge is 2.06. The summed E-state index contributed by atoms with van der Waals surface area (Å²) < 4.78 is 2.71. The molecule has 0 heterocycles. The van der Waals surface area contributed by atoms with E-state index in [1.165, 1.54) is 0 Å². The van der Waals surface area contributed by atoms with Crippen LogP contribution in [0.2, 0.25) is 0 Å². The van der Waals surface area contributed by atoms with Crippen molar-refractivity contribution in [3.63, 3.8) is 0 Å². The molecule has 0 atom stereocenters. The summed E-state index contributed by atoms with van der Waals surface area (Å²) in [5.74, 6) is 0.243. The van der Waals surface area contributed by atoms with Gasteiger partial charge in [-0.15, -0.1) is 0 Å². The fraction of sp³-hybridized carbons (Fsp3) is 0. The van der Waals surface area contributed by atoms with Crippen LogP contribution in [0.15, 0.2) is 49.8 Å². The number of phenolic OH excluding ortho intramolecular Hbond substituents is 1. The van der Waals surface area contributed by atoms with E-state index in [0.29, 0.717) is 4.47 Å². The molecule has 0 bridgehead atoms. The van der Waals surface area contributed by atoms with Crippen LogP contribution in [0.5, 0.6) is 5.75 Å². The van der Waals surface area contributed by atoms with Crippen molar-refractivity contribution in [3.8, 4) is 16.9 Å². The third-order valence-corrected chi connectivity index (χ3v) is 4.01. The normalized spacial score (nSPS) is 10.4. The monoisotopic (exact) mass is 404 g/mol. The number of hydrogen-bond donors (Lipinski definition) is 1. The van der Waals surface area contributed by atoms with Gasteiger partial charge in [0, 0.05) is 8.95 Å². The molecule has 2 rings (SSSR count). The van der Waals surface area contributed by atoms with E-state index < -0.39 is 0 Å². The minimum atomic E-state index is 0.243. The average Bonchev–Trinajstić information content (AvgIpc) is 2.22. The van der Waals surface area contributed by atoms with Crippen molar-refractivity contribution in [2.75, 3.05) is 0 Å². The number of phenols is 1. The zero-order valence-corrected chi connectivity index (χ0v) is 12.8. The van der Waals surface area contributed by atoms with Crippen LogP contribution in [0.4, 0.5) is 0 Å². The van der Waals surface area contributed by atoms with Crippen molar-refractivity contribution < 1.29 is 5.11 Å². The molecular weight excluding hydrogens is 400 g/mol. The van der Waals surface area contributed by atoms with Gasteiger partial charge in [0.1, 0.15) is 5.75 Å². The number of halogens is 3. The molecule has 0 aromatic heterocycles. The molecule has 2 aromatic carbocycles. The lowest BCUT2D eigenvalue weighted by Gasteiger charge is -2.06. The Morgan fingerprint density at radius 2 is 1.56 bits per heavy atom. The van der Waals surface area contributed by atoms with E-state index in [1.54, 1.807) is 6.07 Å². The van der Waals surface area contributed by atoms with Crippen LogP contribution < -0.4 is 0 Å². The lowest BCUT2D eigenvalue weighted by Crippen LogP contribution is -1.80. The molecule has 1 nitrogen and oxygen atoms in total. The Labute approximate surface area is 119 Å². The molecule has 0 aliphatic rings. The molecule has 0 aliphatic carbocycles. The second-order valence-corrected chi connectivity index (χ2v) is 5.91. The van der Waals surface area contributed by atoms with Crippen LogP contribution >= 0.6 is 47.8 Å².